The summed E-state index contributed by atoms with van der Waals surface area (Å²) < 4.78 is 0. The van der Waals surface area contributed by atoms with E-state index in [0.29, 0.717) is 0 Å². The van der Waals surface area contributed by atoms with E-state index in [2.05, 4.69) is 37.7 Å². The van der Waals surface area contributed by atoms with E-state index in [1.165, 1.54) is 58.0 Å². The van der Waals surface area contributed by atoms with Gasteiger partial charge in [-0.3, -0.25) is 4.84 Å². The second-order valence-electron chi connectivity index (χ2n) is 8.72. The van der Waals surface area contributed by atoms with Crippen molar-refractivity contribution < 1.29 is 4.84 Å². The van der Waals surface area contributed by atoms with E-state index in [1.807, 2.05) is 0 Å². The first kappa shape index (κ1) is 18.3. The summed E-state index contributed by atoms with van der Waals surface area (Å²) in [6.45, 7) is 12.9. The zero-order valence-electron chi connectivity index (χ0n) is 15.1. The van der Waals surface area contributed by atoms with Gasteiger partial charge in [-0.2, -0.15) is 5.06 Å². The van der Waals surface area contributed by atoms with Crippen LogP contribution in [0, 0.1) is 5.92 Å². The average molecular weight is 305 g/mol. The van der Waals surface area contributed by atoms with Gasteiger partial charge >= 0.3 is 0 Å². The lowest BCUT2D eigenvalue weighted by molar-refractivity contribution is -0.288. The van der Waals surface area contributed by atoms with Crippen molar-refractivity contribution in [2.24, 2.45) is 5.92 Å². The van der Waals surface area contributed by atoms with Crippen LogP contribution in [-0.4, -0.2) is 55.2 Å². The lowest BCUT2D eigenvalue weighted by Gasteiger charge is -2.52. The van der Waals surface area contributed by atoms with E-state index in [0.717, 1.165) is 18.6 Å². The zero-order chi connectivity index (χ0) is 15.1. The molecule has 0 aromatic heterocycles. The molecule has 3 radical (unpaired) electrons. The van der Waals surface area contributed by atoms with Gasteiger partial charge in [-0.15, -0.1) is 0 Å². The van der Waals surface area contributed by atoms with Gasteiger partial charge in [0.25, 0.3) is 0 Å². The van der Waals surface area contributed by atoms with Crippen molar-refractivity contribution in [3.8, 4) is 0 Å². The van der Waals surface area contributed by atoms with E-state index in [1.54, 1.807) is 0 Å². The molecule has 0 N–H and O–H groups in total. The number of piperidine rings is 2. The number of fused-ring (bicyclic) bond motifs is 1. The summed E-state index contributed by atoms with van der Waals surface area (Å²) in [6, 6.07) is 0.801. The molecule has 0 saturated carbocycles. The molecule has 0 spiro atoms. The van der Waals surface area contributed by atoms with E-state index >= 15 is 0 Å². The van der Waals surface area contributed by atoms with Crippen LogP contribution in [0.4, 0.5) is 0 Å². The maximum atomic E-state index is 6.47. The third kappa shape index (κ3) is 3.54. The van der Waals surface area contributed by atoms with Gasteiger partial charge in [-0.05, 0) is 91.6 Å². The molecule has 3 saturated heterocycles. The minimum Gasteiger partial charge on any atom is -0.300 e. The standard InChI is InChI=1S/C18H34N2O.B/c1-17(2)10-7-11-18(3,4)20(17)21-14-15-8-5-12-19-13-6-9-16(15)19;/h15-16H,5-14H2,1-4H3;/t15-,16-;/m0./s1. The normalized spacial score (nSPS) is 34.9. The molecule has 4 heteroatoms. The van der Waals surface area contributed by atoms with Gasteiger partial charge in [-0.25, -0.2) is 0 Å². The average Bonchev–Trinajstić information content (AvgIpc) is 2.85. The Bertz CT molecular complexity index is 356. The Hall–Kier alpha value is -0.0551. The van der Waals surface area contributed by atoms with Crippen molar-refractivity contribution in [1.29, 1.82) is 0 Å². The molecule has 125 valence electrons. The second-order valence-corrected chi connectivity index (χ2v) is 8.72. The van der Waals surface area contributed by atoms with E-state index in [9.17, 15) is 0 Å². The third-order valence-electron chi connectivity index (χ3n) is 6.07. The molecular weight excluding hydrogens is 271 g/mol. The smallest absolute Gasteiger partial charge is 0.0728 e. The van der Waals surface area contributed by atoms with Crippen LogP contribution < -0.4 is 0 Å². The highest BCUT2D eigenvalue weighted by molar-refractivity contribution is 5.75. The van der Waals surface area contributed by atoms with E-state index in [-0.39, 0.29) is 19.5 Å². The number of hydroxylamine groups is 2. The number of hydrogen-bond acceptors (Lipinski definition) is 3. The Kier molecular flexibility index (Phi) is 5.67. The molecule has 3 heterocycles. The fourth-order valence-corrected chi connectivity index (χ4v) is 5.10. The minimum atomic E-state index is 0. The van der Waals surface area contributed by atoms with Crippen molar-refractivity contribution in [2.45, 2.75) is 89.8 Å². The fraction of sp³-hybridized carbons (Fsp3) is 1.00. The molecule has 0 aromatic rings. The van der Waals surface area contributed by atoms with Crippen LogP contribution in [-0.2, 0) is 4.84 Å². The fourth-order valence-electron chi connectivity index (χ4n) is 5.10. The van der Waals surface area contributed by atoms with Crippen LogP contribution in [0.3, 0.4) is 0 Å². The monoisotopic (exact) mass is 305 g/mol. The first-order chi connectivity index (χ1) is 9.90. The minimum absolute atomic E-state index is 0. The van der Waals surface area contributed by atoms with Crippen molar-refractivity contribution in [3.05, 3.63) is 0 Å². The maximum Gasteiger partial charge on any atom is 0.0728 e. The quantitative estimate of drug-likeness (QED) is 0.743. The molecule has 22 heavy (non-hydrogen) atoms. The van der Waals surface area contributed by atoms with Crippen molar-refractivity contribution in [2.75, 3.05) is 19.7 Å². The molecule has 3 fully saturated rings. The zero-order valence-corrected chi connectivity index (χ0v) is 15.1. The van der Waals surface area contributed by atoms with Crippen molar-refractivity contribution in [3.63, 3.8) is 0 Å². The maximum absolute atomic E-state index is 6.47. The molecule has 0 aliphatic carbocycles. The van der Waals surface area contributed by atoms with Gasteiger partial charge in [0, 0.05) is 25.5 Å². The Labute approximate surface area is 139 Å². The second kappa shape index (κ2) is 6.82. The SMILES string of the molecule is CC1(C)CCCC(C)(C)N1OC[C@@H]1CCCN2CCC[C@@H]12.[B]. The first-order valence-corrected chi connectivity index (χ1v) is 9.07. The highest BCUT2D eigenvalue weighted by Gasteiger charge is 2.43. The van der Waals surface area contributed by atoms with Crippen LogP contribution in [0.2, 0.25) is 0 Å². The van der Waals surface area contributed by atoms with E-state index < -0.39 is 0 Å². The van der Waals surface area contributed by atoms with Crippen LogP contribution in [0.5, 0.6) is 0 Å². The molecule has 0 unspecified atom stereocenters. The Balaban J connectivity index is 0.00000176. The molecule has 0 amide bonds. The Morgan fingerprint density at radius 3 is 2.14 bits per heavy atom. The van der Waals surface area contributed by atoms with Gasteiger partial charge in [0.15, 0.2) is 0 Å². The summed E-state index contributed by atoms with van der Waals surface area (Å²) in [7, 11) is 0. The van der Waals surface area contributed by atoms with Gasteiger partial charge in [0.1, 0.15) is 0 Å². The van der Waals surface area contributed by atoms with Crippen LogP contribution >= 0.6 is 0 Å². The number of hydrogen-bond donors (Lipinski definition) is 0. The van der Waals surface area contributed by atoms with Crippen molar-refractivity contribution >= 4 is 8.41 Å². The van der Waals surface area contributed by atoms with Crippen LogP contribution in [0.25, 0.3) is 0 Å². The molecule has 3 nitrogen and oxygen atoms in total. The summed E-state index contributed by atoms with van der Waals surface area (Å²) in [4.78, 5) is 9.18. The summed E-state index contributed by atoms with van der Waals surface area (Å²) in [6.07, 6.45) is 9.31. The first-order valence-electron chi connectivity index (χ1n) is 9.07. The summed E-state index contributed by atoms with van der Waals surface area (Å²) in [5.41, 5.74) is 0.345. The molecule has 3 aliphatic heterocycles. The van der Waals surface area contributed by atoms with E-state index in [4.69, 9.17) is 4.84 Å². The lowest BCUT2D eigenvalue weighted by Crippen LogP contribution is -2.59. The van der Waals surface area contributed by atoms with Gasteiger partial charge in [0.2, 0.25) is 0 Å². The number of rotatable bonds is 3. The molecule has 3 rings (SSSR count). The summed E-state index contributed by atoms with van der Waals surface area (Å²) in [5, 5.41) is 2.34. The molecular formula is C18H34BN2O. The lowest BCUT2D eigenvalue weighted by atomic mass is 9.82. The Morgan fingerprint density at radius 1 is 0.909 bits per heavy atom. The van der Waals surface area contributed by atoms with Crippen molar-refractivity contribution in [1.82, 2.24) is 9.96 Å². The summed E-state index contributed by atoms with van der Waals surface area (Å²) in [5.74, 6) is 0.745. The Morgan fingerprint density at radius 2 is 1.50 bits per heavy atom. The van der Waals surface area contributed by atoms with Crippen LogP contribution in [0.15, 0.2) is 0 Å². The van der Waals surface area contributed by atoms with Gasteiger partial charge in [-0.1, -0.05) is 0 Å². The largest absolute Gasteiger partial charge is 0.300 e. The molecule has 0 aromatic carbocycles. The molecule has 3 aliphatic rings. The topological polar surface area (TPSA) is 15.7 Å². The van der Waals surface area contributed by atoms with Crippen LogP contribution in [0.1, 0.15) is 72.6 Å². The number of nitrogens with zero attached hydrogens (tertiary/aromatic N) is 2. The predicted octanol–water partition coefficient (Wildman–Crippen LogP) is 3.45. The highest BCUT2D eigenvalue weighted by Crippen LogP contribution is 2.39. The molecule has 0 bridgehead atoms. The summed E-state index contributed by atoms with van der Waals surface area (Å²) >= 11 is 0. The predicted molar refractivity (Wildman–Crippen MR) is 92.9 cm³/mol. The third-order valence-corrected chi connectivity index (χ3v) is 6.07. The highest BCUT2D eigenvalue weighted by atomic mass is 16.7. The molecule has 2 atom stereocenters. The van der Waals surface area contributed by atoms with Gasteiger partial charge < -0.3 is 4.90 Å². The van der Waals surface area contributed by atoms with Gasteiger partial charge in [0.05, 0.1) is 6.61 Å².